The number of hydrogen-bond donors (Lipinski definition) is 1. The largest absolute Gasteiger partial charge is 0.465 e. The number of nitrogens with zero attached hydrogens (tertiary/aromatic N) is 2. The lowest BCUT2D eigenvalue weighted by atomic mass is 10.1. The number of anilines is 1. The molecular formula is C17H13N3O9. The lowest BCUT2D eigenvalue weighted by Crippen LogP contribution is -2.17. The molecule has 0 spiro atoms. The lowest BCUT2D eigenvalue weighted by Gasteiger charge is -2.11. The molecule has 0 bridgehead atoms. The molecule has 0 aliphatic rings. The molecule has 0 aromatic heterocycles. The highest BCUT2D eigenvalue weighted by Gasteiger charge is 2.25. The Morgan fingerprint density at radius 1 is 0.862 bits per heavy atom. The number of carbonyl (C=O) groups is 3. The molecular weight excluding hydrogens is 390 g/mol. The van der Waals surface area contributed by atoms with Crippen molar-refractivity contribution in [2.24, 2.45) is 0 Å². The smallest absolute Gasteiger partial charge is 0.339 e. The van der Waals surface area contributed by atoms with E-state index in [1.807, 2.05) is 0 Å². The number of nitrogens with one attached hydrogen (secondary N) is 1. The fourth-order valence-corrected chi connectivity index (χ4v) is 2.35. The van der Waals surface area contributed by atoms with E-state index >= 15 is 0 Å². The highest BCUT2D eigenvalue weighted by atomic mass is 16.6. The number of nitro groups is 2. The van der Waals surface area contributed by atoms with Crippen LogP contribution in [0.3, 0.4) is 0 Å². The summed E-state index contributed by atoms with van der Waals surface area (Å²) in [5.74, 6) is -2.62. The first-order chi connectivity index (χ1) is 13.7. The van der Waals surface area contributed by atoms with Gasteiger partial charge in [0.2, 0.25) is 0 Å². The van der Waals surface area contributed by atoms with Crippen LogP contribution in [0.5, 0.6) is 0 Å². The third-order valence-electron chi connectivity index (χ3n) is 3.73. The van der Waals surface area contributed by atoms with Gasteiger partial charge in [0.05, 0.1) is 46.9 Å². The summed E-state index contributed by atoms with van der Waals surface area (Å²) in [6, 6.07) is 6.08. The Labute approximate surface area is 162 Å². The van der Waals surface area contributed by atoms with E-state index in [0.717, 1.165) is 32.4 Å². The van der Waals surface area contributed by atoms with E-state index in [0.29, 0.717) is 6.07 Å². The summed E-state index contributed by atoms with van der Waals surface area (Å²) in [5.41, 5.74) is -2.17. The van der Waals surface area contributed by atoms with E-state index in [9.17, 15) is 34.6 Å². The summed E-state index contributed by atoms with van der Waals surface area (Å²) in [6.45, 7) is 0. The SMILES string of the molecule is COC(=O)c1ccc(C(=O)OC)c(NC(=O)c2ccc([N+](=O)[O-])cc2[N+](=O)[O-])c1. The number of nitro benzene ring substituents is 2. The Balaban J connectivity index is 2.51. The molecule has 12 nitrogen and oxygen atoms in total. The van der Waals surface area contributed by atoms with Gasteiger partial charge in [-0.3, -0.25) is 25.0 Å². The quantitative estimate of drug-likeness (QED) is 0.432. The van der Waals surface area contributed by atoms with E-state index in [1.165, 1.54) is 12.1 Å². The zero-order valence-electron chi connectivity index (χ0n) is 15.0. The van der Waals surface area contributed by atoms with Crippen molar-refractivity contribution in [3.05, 3.63) is 73.3 Å². The molecule has 0 saturated heterocycles. The fourth-order valence-electron chi connectivity index (χ4n) is 2.35. The average Bonchev–Trinajstić information content (AvgIpc) is 2.71. The molecule has 0 atom stereocenters. The van der Waals surface area contributed by atoms with Crippen LogP contribution in [0.25, 0.3) is 0 Å². The Morgan fingerprint density at radius 3 is 2.03 bits per heavy atom. The van der Waals surface area contributed by atoms with Crippen LogP contribution < -0.4 is 5.32 Å². The number of rotatable bonds is 6. The third-order valence-corrected chi connectivity index (χ3v) is 3.73. The summed E-state index contributed by atoms with van der Waals surface area (Å²) >= 11 is 0. The number of esters is 2. The van der Waals surface area contributed by atoms with Gasteiger partial charge in [-0.1, -0.05) is 0 Å². The second-order valence-corrected chi connectivity index (χ2v) is 5.41. The number of non-ortho nitro benzene ring substituents is 1. The van der Waals surface area contributed by atoms with Crippen molar-refractivity contribution in [3.63, 3.8) is 0 Å². The van der Waals surface area contributed by atoms with Crippen LogP contribution in [0, 0.1) is 20.2 Å². The molecule has 2 aromatic carbocycles. The summed E-state index contributed by atoms with van der Waals surface area (Å²) in [4.78, 5) is 56.5. The van der Waals surface area contributed by atoms with Gasteiger partial charge in [-0.05, 0) is 24.3 Å². The van der Waals surface area contributed by atoms with Gasteiger partial charge in [0.25, 0.3) is 17.3 Å². The van der Waals surface area contributed by atoms with Gasteiger partial charge < -0.3 is 14.8 Å². The average molecular weight is 403 g/mol. The summed E-state index contributed by atoms with van der Waals surface area (Å²) in [6.07, 6.45) is 0. The normalized spacial score (nSPS) is 10.0. The van der Waals surface area contributed by atoms with Crippen LogP contribution >= 0.6 is 0 Å². The zero-order valence-corrected chi connectivity index (χ0v) is 15.0. The molecule has 150 valence electrons. The van der Waals surface area contributed by atoms with Gasteiger partial charge >= 0.3 is 11.9 Å². The number of methoxy groups -OCH3 is 2. The molecule has 1 amide bonds. The molecule has 0 saturated carbocycles. The molecule has 0 fully saturated rings. The van der Waals surface area contributed by atoms with Crippen LogP contribution in [-0.2, 0) is 9.47 Å². The minimum Gasteiger partial charge on any atom is -0.465 e. The zero-order chi connectivity index (χ0) is 21.7. The topological polar surface area (TPSA) is 168 Å². The van der Waals surface area contributed by atoms with Crippen molar-refractivity contribution in [1.29, 1.82) is 0 Å². The van der Waals surface area contributed by atoms with E-state index in [1.54, 1.807) is 0 Å². The van der Waals surface area contributed by atoms with E-state index in [4.69, 9.17) is 0 Å². The number of benzene rings is 2. The molecule has 12 heteroatoms. The third kappa shape index (κ3) is 4.50. The van der Waals surface area contributed by atoms with Crippen LogP contribution in [-0.4, -0.2) is 41.9 Å². The fraction of sp³-hybridized carbons (Fsp3) is 0.118. The van der Waals surface area contributed by atoms with Crippen molar-refractivity contribution in [2.75, 3.05) is 19.5 Å². The number of ether oxygens (including phenoxy) is 2. The van der Waals surface area contributed by atoms with Crippen molar-refractivity contribution in [3.8, 4) is 0 Å². The Bertz CT molecular complexity index is 1030. The maximum Gasteiger partial charge on any atom is 0.339 e. The number of carbonyl (C=O) groups excluding carboxylic acids is 3. The summed E-state index contributed by atoms with van der Waals surface area (Å²) in [7, 11) is 2.23. The van der Waals surface area contributed by atoms with Crippen LogP contribution in [0.2, 0.25) is 0 Å². The van der Waals surface area contributed by atoms with Gasteiger partial charge in [-0.2, -0.15) is 0 Å². The summed E-state index contributed by atoms with van der Waals surface area (Å²) in [5, 5.41) is 24.3. The highest BCUT2D eigenvalue weighted by molar-refractivity contribution is 6.10. The minimum absolute atomic E-state index is 0.00588. The monoisotopic (exact) mass is 403 g/mol. The predicted molar refractivity (Wildman–Crippen MR) is 96.8 cm³/mol. The molecule has 0 radical (unpaired) electrons. The van der Waals surface area contributed by atoms with Gasteiger partial charge in [-0.15, -0.1) is 0 Å². The first-order valence-corrected chi connectivity index (χ1v) is 7.74. The van der Waals surface area contributed by atoms with Gasteiger partial charge in [0.15, 0.2) is 0 Å². The van der Waals surface area contributed by atoms with Gasteiger partial charge in [0, 0.05) is 6.07 Å². The van der Waals surface area contributed by atoms with Crippen LogP contribution in [0.4, 0.5) is 17.1 Å². The Morgan fingerprint density at radius 2 is 1.48 bits per heavy atom. The Kier molecular flexibility index (Phi) is 6.19. The van der Waals surface area contributed by atoms with E-state index < -0.39 is 44.6 Å². The standard InChI is InChI=1S/C17H13N3O9/c1-28-16(22)9-3-5-11(17(23)29-2)13(7-9)18-15(21)12-6-4-10(19(24)25)8-14(12)20(26)27/h3-8H,1-2H3,(H,18,21). The first-order valence-electron chi connectivity index (χ1n) is 7.74. The van der Waals surface area contributed by atoms with Gasteiger partial charge in [0.1, 0.15) is 5.56 Å². The molecule has 0 unspecified atom stereocenters. The number of hydrogen-bond acceptors (Lipinski definition) is 9. The second-order valence-electron chi connectivity index (χ2n) is 5.41. The predicted octanol–water partition coefficient (Wildman–Crippen LogP) is 2.33. The number of amides is 1. The molecule has 2 aromatic rings. The summed E-state index contributed by atoms with van der Waals surface area (Å²) < 4.78 is 9.18. The molecule has 29 heavy (non-hydrogen) atoms. The molecule has 0 aliphatic carbocycles. The van der Waals surface area contributed by atoms with Crippen molar-refractivity contribution in [1.82, 2.24) is 0 Å². The van der Waals surface area contributed by atoms with E-state index in [-0.39, 0.29) is 16.8 Å². The van der Waals surface area contributed by atoms with Crippen molar-refractivity contribution >= 4 is 34.9 Å². The minimum atomic E-state index is -1.03. The Hall–Kier alpha value is -4.35. The van der Waals surface area contributed by atoms with Crippen molar-refractivity contribution in [2.45, 2.75) is 0 Å². The molecule has 0 aliphatic heterocycles. The molecule has 1 N–H and O–H groups in total. The molecule has 2 rings (SSSR count). The second kappa shape index (κ2) is 8.56. The van der Waals surface area contributed by atoms with Gasteiger partial charge in [-0.25, -0.2) is 9.59 Å². The maximum absolute atomic E-state index is 12.6. The van der Waals surface area contributed by atoms with Crippen LogP contribution in [0.15, 0.2) is 36.4 Å². The molecule has 0 heterocycles. The van der Waals surface area contributed by atoms with E-state index in [2.05, 4.69) is 14.8 Å². The highest BCUT2D eigenvalue weighted by Crippen LogP contribution is 2.27. The lowest BCUT2D eigenvalue weighted by molar-refractivity contribution is -0.394. The van der Waals surface area contributed by atoms with Crippen LogP contribution in [0.1, 0.15) is 31.1 Å². The first kappa shape index (κ1) is 21.0. The van der Waals surface area contributed by atoms with Crippen molar-refractivity contribution < 1.29 is 33.7 Å². The maximum atomic E-state index is 12.6.